The van der Waals surface area contributed by atoms with Crippen molar-refractivity contribution in [3.8, 4) is 0 Å². The zero-order valence-electron chi connectivity index (χ0n) is 15.4. The van der Waals surface area contributed by atoms with Crippen LogP contribution in [0.5, 0.6) is 0 Å². The molecule has 0 saturated carbocycles. The van der Waals surface area contributed by atoms with Gasteiger partial charge in [0.15, 0.2) is 0 Å². The monoisotopic (exact) mass is 346 g/mol. The van der Waals surface area contributed by atoms with Crippen molar-refractivity contribution in [2.45, 2.75) is 39.0 Å². The van der Waals surface area contributed by atoms with Crippen LogP contribution in [0.4, 0.5) is 0 Å². The number of hydrogen-bond acceptors (Lipinski definition) is 4. The maximum atomic E-state index is 11.9. The summed E-state index contributed by atoms with van der Waals surface area (Å²) in [4.78, 5) is 25.1. The Morgan fingerprint density at radius 3 is 2.52 bits per heavy atom. The first kappa shape index (κ1) is 19.4. The minimum Gasteiger partial charge on any atom is -0.469 e. The number of nitrogens with zero attached hydrogens (tertiary/aromatic N) is 1. The SMILES string of the molecule is COC(=O)CCNC(=O)CN1CCC(CCc2ccc(C)cc2)CC1. The first-order chi connectivity index (χ1) is 12.1. The summed E-state index contributed by atoms with van der Waals surface area (Å²) in [5.41, 5.74) is 2.72. The molecule has 0 aromatic heterocycles. The fraction of sp³-hybridized carbons (Fsp3) is 0.600. The number of benzene rings is 1. The van der Waals surface area contributed by atoms with Crippen LogP contribution < -0.4 is 5.32 Å². The second-order valence-corrected chi connectivity index (χ2v) is 6.92. The predicted octanol–water partition coefficient (Wildman–Crippen LogP) is 2.32. The number of hydrogen-bond donors (Lipinski definition) is 1. The summed E-state index contributed by atoms with van der Waals surface area (Å²) in [6.07, 6.45) is 4.90. The van der Waals surface area contributed by atoms with Gasteiger partial charge in [-0.25, -0.2) is 0 Å². The highest BCUT2D eigenvalue weighted by molar-refractivity contribution is 5.78. The Balaban J connectivity index is 1.60. The van der Waals surface area contributed by atoms with E-state index >= 15 is 0 Å². The number of likely N-dealkylation sites (tertiary alicyclic amines) is 1. The summed E-state index contributed by atoms with van der Waals surface area (Å²) in [6.45, 7) is 4.83. The lowest BCUT2D eigenvalue weighted by atomic mass is 9.90. The highest BCUT2D eigenvalue weighted by Crippen LogP contribution is 2.22. The molecule has 2 rings (SSSR count). The minimum absolute atomic E-state index is 0.0120. The first-order valence-corrected chi connectivity index (χ1v) is 9.18. The Hall–Kier alpha value is -1.88. The molecular weight excluding hydrogens is 316 g/mol. The van der Waals surface area contributed by atoms with Gasteiger partial charge in [-0.15, -0.1) is 0 Å². The average Bonchev–Trinajstić information content (AvgIpc) is 2.62. The van der Waals surface area contributed by atoms with Crippen LogP contribution in [0, 0.1) is 12.8 Å². The smallest absolute Gasteiger partial charge is 0.307 e. The van der Waals surface area contributed by atoms with Gasteiger partial charge in [-0.2, -0.15) is 0 Å². The molecule has 5 nitrogen and oxygen atoms in total. The van der Waals surface area contributed by atoms with Crippen molar-refractivity contribution >= 4 is 11.9 Å². The fourth-order valence-electron chi connectivity index (χ4n) is 3.22. The lowest BCUT2D eigenvalue weighted by molar-refractivity contribution is -0.140. The van der Waals surface area contributed by atoms with Crippen molar-refractivity contribution in [1.29, 1.82) is 0 Å². The number of carbonyl (C=O) groups is 2. The molecule has 0 spiro atoms. The van der Waals surface area contributed by atoms with E-state index < -0.39 is 0 Å². The van der Waals surface area contributed by atoms with Crippen LogP contribution in [-0.2, 0) is 20.7 Å². The molecule has 0 unspecified atom stereocenters. The number of ether oxygens (including phenoxy) is 1. The summed E-state index contributed by atoms with van der Waals surface area (Å²) in [7, 11) is 1.35. The van der Waals surface area contributed by atoms with E-state index in [1.807, 2.05) is 0 Å². The molecule has 0 aliphatic carbocycles. The normalized spacial score (nSPS) is 15.8. The summed E-state index contributed by atoms with van der Waals surface area (Å²) in [6, 6.07) is 8.81. The average molecular weight is 346 g/mol. The standard InChI is InChI=1S/C20H30N2O3/c1-16-3-5-17(6-4-16)7-8-18-10-13-22(14-11-18)15-19(23)21-12-9-20(24)25-2/h3-6,18H,7-15H2,1-2H3,(H,21,23). The van der Waals surface area contributed by atoms with Crippen LogP contribution in [0.25, 0.3) is 0 Å². The van der Waals surface area contributed by atoms with Crippen LogP contribution in [0.3, 0.4) is 0 Å². The van der Waals surface area contributed by atoms with E-state index in [2.05, 4.69) is 46.1 Å². The van der Waals surface area contributed by atoms with Crippen LogP contribution in [-0.4, -0.2) is 50.1 Å². The van der Waals surface area contributed by atoms with Gasteiger partial charge in [0.1, 0.15) is 0 Å². The van der Waals surface area contributed by atoms with Gasteiger partial charge < -0.3 is 10.1 Å². The number of piperidine rings is 1. The van der Waals surface area contributed by atoms with Gasteiger partial charge in [-0.05, 0) is 57.2 Å². The van der Waals surface area contributed by atoms with Crippen molar-refractivity contribution in [2.75, 3.05) is 33.3 Å². The van der Waals surface area contributed by atoms with E-state index in [0.29, 0.717) is 13.1 Å². The molecule has 1 saturated heterocycles. The van der Waals surface area contributed by atoms with E-state index in [-0.39, 0.29) is 18.3 Å². The largest absolute Gasteiger partial charge is 0.469 e. The Morgan fingerprint density at radius 2 is 1.88 bits per heavy atom. The molecule has 5 heteroatoms. The third-order valence-electron chi connectivity index (χ3n) is 4.92. The Morgan fingerprint density at radius 1 is 1.20 bits per heavy atom. The lowest BCUT2D eigenvalue weighted by Crippen LogP contribution is -2.42. The van der Waals surface area contributed by atoms with Crippen LogP contribution in [0.15, 0.2) is 24.3 Å². The lowest BCUT2D eigenvalue weighted by Gasteiger charge is -2.31. The molecule has 25 heavy (non-hydrogen) atoms. The summed E-state index contributed by atoms with van der Waals surface area (Å²) < 4.78 is 4.55. The van der Waals surface area contributed by atoms with Gasteiger partial charge in [0.25, 0.3) is 0 Å². The molecule has 1 heterocycles. The Labute approximate surface area is 150 Å². The highest BCUT2D eigenvalue weighted by atomic mass is 16.5. The number of rotatable bonds is 8. The van der Waals surface area contributed by atoms with Crippen molar-refractivity contribution in [1.82, 2.24) is 10.2 Å². The number of methoxy groups -OCH3 is 1. The van der Waals surface area contributed by atoms with E-state index in [1.54, 1.807) is 0 Å². The number of nitrogens with one attached hydrogen (secondary N) is 1. The fourth-order valence-corrected chi connectivity index (χ4v) is 3.22. The highest BCUT2D eigenvalue weighted by Gasteiger charge is 2.20. The van der Waals surface area contributed by atoms with E-state index in [0.717, 1.165) is 38.3 Å². The van der Waals surface area contributed by atoms with Crippen LogP contribution in [0.2, 0.25) is 0 Å². The maximum absolute atomic E-state index is 11.9. The molecule has 0 atom stereocenters. The molecule has 1 aliphatic rings. The molecule has 0 radical (unpaired) electrons. The molecule has 1 N–H and O–H groups in total. The number of carbonyl (C=O) groups excluding carboxylic acids is 2. The van der Waals surface area contributed by atoms with Gasteiger partial charge in [0.2, 0.25) is 5.91 Å². The maximum Gasteiger partial charge on any atom is 0.307 e. The van der Waals surface area contributed by atoms with Crippen molar-refractivity contribution in [3.63, 3.8) is 0 Å². The van der Waals surface area contributed by atoms with E-state index in [9.17, 15) is 9.59 Å². The van der Waals surface area contributed by atoms with Gasteiger partial charge in [-0.3, -0.25) is 14.5 Å². The third kappa shape index (κ3) is 7.26. The minimum atomic E-state index is -0.297. The second-order valence-electron chi connectivity index (χ2n) is 6.92. The van der Waals surface area contributed by atoms with Crippen molar-refractivity contribution in [3.05, 3.63) is 35.4 Å². The third-order valence-corrected chi connectivity index (χ3v) is 4.92. The van der Waals surface area contributed by atoms with Gasteiger partial charge in [-0.1, -0.05) is 29.8 Å². The van der Waals surface area contributed by atoms with E-state index in [4.69, 9.17) is 0 Å². The van der Waals surface area contributed by atoms with Gasteiger partial charge in [0, 0.05) is 6.54 Å². The molecule has 138 valence electrons. The summed E-state index contributed by atoms with van der Waals surface area (Å²) in [5.74, 6) is 0.441. The number of aryl methyl sites for hydroxylation is 2. The Bertz CT molecular complexity index is 549. The van der Waals surface area contributed by atoms with Crippen LogP contribution >= 0.6 is 0 Å². The zero-order valence-corrected chi connectivity index (χ0v) is 15.4. The topological polar surface area (TPSA) is 58.6 Å². The summed E-state index contributed by atoms with van der Waals surface area (Å²) in [5, 5.41) is 2.78. The molecule has 1 fully saturated rings. The second kappa shape index (κ2) is 10.2. The van der Waals surface area contributed by atoms with E-state index in [1.165, 1.54) is 24.7 Å². The number of amides is 1. The number of esters is 1. The predicted molar refractivity (Wildman–Crippen MR) is 98.3 cm³/mol. The van der Waals surface area contributed by atoms with Crippen molar-refractivity contribution in [2.24, 2.45) is 5.92 Å². The molecular formula is C20H30N2O3. The van der Waals surface area contributed by atoms with Crippen LogP contribution in [0.1, 0.15) is 36.8 Å². The molecule has 1 aromatic rings. The van der Waals surface area contributed by atoms with Gasteiger partial charge in [0.05, 0.1) is 20.1 Å². The molecule has 1 aromatic carbocycles. The first-order valence-electron chi connectivity index (χ1n) is 9.18. The summed E-state index contributed by atoms with van der Waals surface area (Å²) >= 11 is 0. The Kier molecular flexibility index (Phi) is 7.92. The molecule has 0 bridgehead atoms. The van der Waals surface area contributed by atoms with Crippen molar-refractivity contribution < 1.29 is 14.3 Å². The molecule has 1 aliphatic heterocycles. The quantitative estimate of drug-likeness (QED) is 0.734. The molecule has 1 amide bonds. The zero-order chi connectivity index (χ0) is 18.1. The van der Waals surface area contributed by atoms with Gasteiger partial charge >= 0.3 is 5.97 Å².